The van der Waals surface area contributed by atoms with E-state index < -0.39 is 42.5 Å². The first kappa shape index (κ1) is 15.6. The Morgan fingerprint density at radius 3 is 2.71 bits per heavy atom. The average Bonchev–Trinajstić information content (AvgIpc) is 2.74. The van der Waals surface area contributed by atoms with E-state index in [0.29, 0.717) is 0 Å². The maximum absolute atomic E-state index is 14.0. The number of H-pyrrole nitrogens is 1. The van der Waals surface area contributed by atoms with Crippen LogP contribution in [0.2, 0.25) is 0 Å². The van der Waals surface area contributed by atoms with E-state index in [2.05, 4.69) is 0 Å². The maximum atomic E-state index is 14.0. The normalized spacial score (nSPS) is 29.3. The molecule has 1 aliphatic heterocycles. The van der Waals surface area contributed by atoms with Crippen LogP contribution in [0.25, 0.3) is 6.08 Å². The Labute approximate surface area is 117 Å². The number of alkyl halides is 1. The van der Waals surface area contributed by atoms with E-state index >= 15 is 0 Å². The van der Waals surface area contributed by atoms with E-state index in [1.165, 1.54) is 12.2 Å². The fourth-order valence-corrected chi connectivity index (χ4v) is 2.07. The molecule has 8 nitrogen and oxygen atoms in total. The van der Waals surface area contributed by atoms with Crippen molar-refractivity contribution in [3.05, 3.63) is 38.7 Å². The number of aliphatic hydroxyl groups excluding tert-OH is 3. The Bertz CT molecular complexity index is 639. The van der Waals surface area contributed by atoms with Crippen molar-refractivity contribution in [3.63, 3.8) is 0 Å². The van der Waals surface area contributed by atoms with Crippen molar-refractivity contribution in [1.82, 2.24) is 9.55 Å². The lowest BCUT2D eigenvalue weighted by molar-refractivity contribution is -0.0491. The first-order valence-corrected chi connectivity index (χ1v) is 6.21. The van der Waals surface area contributed by atoms with Gasteiger partial charge in [0.1, 0.15) is 12.2 Å². The summed E-state index contributed by atoms with van der Waals surface area (Å²) in [5.74, 6) is 0. The van der Waals surface area contributed by atoms with Gasteiger partial charge >= 0.3 is 5.69 Å². The van der Waals surface area contributed by atoms with Gasteiger partial charge in [-0.2, -0.15) is 0 Å². The molecule has 0 aliphatic carbocycles. The molecule has 116 valence electrons. The number of rotatable bonds is 4. The smallest absolute Gasteiger partial charge is 0.330 e. The molecule has 0 bridgehead atoms. The lowest BCUT2D eigenvalue weighted by Crippen LogP contribution is -2.36. The number of aromatic nitrogens is 2. The predicted octanol–water partition coefficient (Wildman–Crippen LogP) is -1.87. The van der Waals surface area contributed by atoms with Crippen LogP contribution in [0.1, 0.15) is 11.8 Å². The molecule has 21 heavy (non-hydrogen) atoms. The Morgan fingerprint density at radius 2 is 2.14 bits per heavy atom. The zero-order valence-electron chi connectivity index (χ0n) is 10.8. The molecule has 0 radical (unpaired) electrons. The number of aromatic amines is 1. The predicted molar refractivity (Wildman–Crippen MR) is 69.3 cm³/mol. The Morgan fingerprint density at radius 1 is 1.43 bits per heavy atom. The molecular weight excluding hydrogens is 287 g/mol. The molecule has 1 saturated heterocycles. The van der Waals surface area contributed by atoms with E-state index in [4.69, 9.17) is 14.9 Å². The third-order valence-corrected chi connectivity index (χ3v) is 3.15. The number of aliphatic hydroxyl groups is 3. The van der Waals surface area contributed by atoms with Crippen LogP contribution in [-0.2, 0) is 4.74 Å². The molecule has 2 heterocycles. The molecule has 0 aromatic carbocycles. The summed E-state index contributed by atoms with van der Waals surface area (Å²) in [7, 11) is 0. The van der Waals surface area contributed by atoms with E-state index in [0.717, 1.165) is 10.8 Å². The van der Waals surface area contributed by atoms with Crippen LogP contribution >= 0.6 is 0 Å². The van der Waals surface area contributed by atoms with Crippen LogP contribution in [-0.4, -0.2) is 56.5 Å². The van der Waals surface area contributed by atoms with Gasteiger partial charge in [-0.25, -0.2) is 9.18 Å². The van der Waals surface area contributed by atoms with Crippen LogP contribution < -0.4 is 11.2 Å². The van der Waals surface area contributed by atoms with Gasteiger partial charge in [-0.3, -0.25) is 14.3 Å². The van der Waals surface area contributed by atoms with Gasteiger partial charge in [0.25, 0.3) is 5.56 Å². The third kappa shape index (κ3) is 2.95. The Kier molecular flexibility index (Phi) is 4.68. The number of ether oxygens (including phenoxy) is 1. The fourth-order valence-electron chi connectivity index (χ4n) is 2.07. The van der Waals surface area contributed by atoms with Gasteiger partial charge in [0.05, 0.1) is 18.8 Å². The monoisotopic (exact) mass is 302 g/mol. The lowest BCUT2D eigenvalue weighted by Gasteiger charge is -2.16. The SMILES string of the molecule is O=c1[nH]c(=O)n([C@H]2O[C@@H](CO)[C@H](O)[C@@H]2F)cc1/C=C/CO. The van der Waals surface area contributed by atoms with Crippen molar-refractivity contribution < 1.29 is 24.4 Å². The van der Waals surface area contributed by atoms with Gasteiger partial charge < -0.3 is 20.1 Å². The summed E-state index contributed by atoms with van der Waals surface area (Å²) in [6.45, 7) is -0.914. The summed E-state index contributed by atoms with van der Waals surface area (Å²) in [4.78, 5) is 25.3. The second kappa shape index (κ2) is 6.31. The number of hydrogen-bond acceptors (Lipinski definition) is 6. The zero-order valence-corrected chi connectivity index (χ0v) is 10.8. The van der Waals surface area contributed by atoms with Crippen LogP contribution in [0, 0.1) is 0 Å². The first-order valence-electron chi connectivity index (χ1n) is 6.21. The minimum atomic E-state index is -1.93. The zero-order chi connectivity index (χ0) is 15.6. The van der Waals surface area contributed by atoms with Crippen molar-refractivity contribution in [1.29, 1.82) is 0 Å². The molecule has 4 atom stereocenters. The molecule has 0 unspecified atom stereocenters. The second-order valence-corrected chi connectivity index (χ2v) is 4.52. The molecule has 4 N–H and O–H groups in total. The van der Waals surface area contributed by atoms with Crippen molar-refractivity contribution in [2.24, 2.45) is 0 Å². The average molecular weight is 302 g/mol. The number of nitrogens with zero attached hydrogens (tertiary/aromatic N) is 1. The van der Waals surface area contributed by atoms with Crippen LogP contribution in [0.5, 0.6) is 0 Å². The third-order valence-electron chi connectivity index (χ3n) is 3.15. The number of nitrogens with one attached hydrogen (secondary N) is 1. The molecule has 0 saturated carbocycles. The van der Waals surface area contributed by atoms with Crippen molar-refractivity contribution >= 4 is 6.08 Å². The topological polar surface area (TPSA) is 125 Å². The minimum Gasteiger partial charge on any atom is -0.394 e. The highest BCUT2D eigenvalue weighted by molar-refractivity contribution is 5.46. The summed E-state index contributed by atoms with van der Waals surface area (Å²) in [6.07, 6.45) is -2.51. The summed E-state index contributed by atoms with van der Waals surface area (Å²) >= 11 is 0. The molecule has 0 spiro atoms. The summed E-state index contributed by atoms with van der Waals surface area (Å²) < 4.78 is 19.9. The second-order valence-electron chi connectivity index (χ2n) is 4.52. The van der Waals surface area contributed by atoms with Crippen molar-refractivity contribution in [2.45, 2.75) is 24.6 Å². The summed E-state index contributed by atoms with van der Waals surface area (Å²) in [6, 6.07) is 0. The molecule has 1 fully saturated rings. The quantitative estimate of drug-likeness (QED) is 0.516. The van der Waals surface area contributed by atoms with E-state index in [-0.39, 0.29) is 12.2 Å². The van der Waals surface area contributed by atoms with E-state index in [9.17, 15) is 19.1 Å². The van der Waals surface area contributed by atoms with E-state index in [1.54, 1.807) is 0 Å². The van der Waals surface area contributed by atoms with Crippen LogP contribution in [0.15, 0.2) is 21.9 Å². The Balaban J connectivity index is 2.42. The molecule has 1 aromatic rings. The van der Waals surface area contributed by atoms with Crippen LogP contribution in [0.3, 0.4) is 0 Å². The summed E-state index contributed by atoms with van der Waals surface area (Å²) in [5.41, 5.74) is -1.59. The van der Waals surface area contributed by atoms with Gasteiger partial charge in [0, 0.05) is 6.20 Å². The van der Waals surface area contributed by atoms with Gasteiger partial charge in [-0.1, -0.05) is 6.08 Å². The maximum Gasteiger partial charge on any atom is 0.330 e. The van der Waals surface area contributed by atoms with Gasteiger partial charge in [-0.05, 0) is 6.08 Å². The van der Waals surface area contributed by atoms with Crippen molar-refractivity contribution in [3.8, 4) is 0 Å². The van der Waals surface area contributed by atoms with E-state index in [1.807, 2.05) is 4.98 Å². The molecule has 9 heteroatoms. The molecule has 1 aliphatic rings. The largest absolute Gasteiger partial charge is 0.394 e. The molecule has 1 aromatic heterocycles. The van der Waals surface area contributed by atoms with Crippen LogP contribution in [0.4, 0.5) is 4.39 Å². The van der Waals surface area contributed by atoms with Gasteiger partial charge in [-0.15, -0.1) is 0 Å². The summed E-state index contributed by atoms with van der Waals surface area (Å²) in [5, 5.41) is 27.2. The van der Waals surface area contributed by atoms with Gasteiger partial charge in [0.15, 0.2) is 12.4 Å². The van der Waals surface area contributed by atoms with Gasteiger partial charge in [0.2, 0.25) is 0 Å². The Hall–Kier alpha value is -1.81. The molecular formula is C12H15FN2O6. The standard InChI is InChI=1S/C12H15FN2O6/c13-8-9(18)7(5-17)21-11(8)15-4-6(2-1-3-16)10(19)14-12(15)20/h1-2,4,7-9,11,16-18H,3,5H2,(H,14,19,20)/b2-1+/t7-,8-,9-,11-/m0/s1. The highest BCUT2D eigenvalue weighted by Gasteiger charge is 2.45. The first-order chi connectivity index (χ1) is 9.99. The molecule has 2 rings (SSSR count). The molecule has 0 amide bonds. The highest BCUT2D eigenvalue weighted by Crippen LogP contribution is 2.30. The van der Waals surface area contributed by atoms with Crippen molar-refractivity contribution in [2.75, 3.05) is 13.2 Å². The number of hydrogen-bond donors (Lipinski definition) is 4. The number of halogens is 1. The minimum absolute atomic E-state index is 0.0152. The lowest BCUT2D eigenvalue weighted by atomic mass is 10.1. The fraction of sp³-hybridized carbons (Fsp3) is 0.500. The highest BCUT2D eigenvalue weighted by atomic mass is 19.1.